The molecule has 31 heavy (non-hydrogen) atoms. The van der Waals surface area contributed by atoms with Crippen LogP contribution in [0.5, 0.6) is 0 Å². The molecule has 4 rings (SSSR count). The van der Waals surface area contributed by atoms with Crippen LogP contribution in [0.25, 0.3) is 21.7 Å². The average Bonchev–Trinajstić information content (AvgIpc) is 3.34. The first kappa shape index (κ1) is 21.1. The van der Waals surface area contributed by atoms with Crippen LogP contribution in [0.2, 0.25) is 5.02 Å². The Morgan fingerprint density at radius 3 is 2.77 bits per heavy atom. The third-order valence-electron chi connectivity index (χ3n) is 4.21. The number of fused-ring (bicyclic) bond motifs is 1. The van der Waals surface area contributed by atoms with Crippen molar-refractivity contribution in [2.24, 2.45) is 0 Å². The molecule has 0 radical (unpaired) electrons. The average molecular weight is 469 g/mol. The SMILES string of the molecule is Cc1nc2c(=O)n(CC(=O)Nc3ccc(Cl)c(C(F)(F)F)c3)nc(-c3ccco3)c2s1. The Labute approximate surface area is 181 Å². The molecule has 4 aromatic rings. The number of anilines is 1. The molecular weight excluding hydrogens is 457 g/mol. The second-order valence-corrected chi connectivity index (χ2v) is 8.05. The van der Waals surface area contributed by atoms with Crippen molar-refractivity contribution in [2.45, 2.75) is 19.6 Å². The van der Waals surface area contributed by atoms with Crippen molar-refractivity contribution in [3.63, 3.8) is 0 Å². The molecule has 0 spiro atoms. The van der Waals surface area contributed by atoms with Gasteiger partial charge in [-0.05, 0) is 37.3 Å². The maximum atomic E-state index is 13.0. The van der Waals surface area contributed by atoms with Gasteiger partial charge in [0, 0.05) is 5.69 Å². The molecule has 3 heterocycles. The highest BCUT2D eigenvalue weighted by molar-refractivity contribution is 7.19. The van der Waals surface area contributed by atoms with Crippen LogP contribution in [-0.2, 0) is 17.5 Å². The van der Waals surface area contributed by atoms with Gasteiger partial charge in [0.2, 0.25) is 5.91 Å². The van der Waals surface area contributed by atoms with E-state index in [1.165, 1.54) is 23.7 Å². The summed E-state index contributed by atoms with van der Waals surface area (Å²) in [5.74, 6) is -0.364. The lowest BCUT2D eigenvalue weighted by atomic mass is 10.2. The van der Waals surface area contributed by atoms with Gasteiger partial charge < -0.3 is 9.73 Å². The molecular formula is C19H12ClF3N4O3S. The van der Waals surface area contributed by atoms with Crippen LogP contribution in [0.4, 0.5) is 18.9 Å². The quantitative estimate of drug-likeness (QED) is 0.467. The summed E-state index contributed by atoms with van der Waals surface area (Å²) in [7, 11) is 0. The maximum absolute atomic E-state index is 13.0. The largest absolute Gasteiger partial charge is 0.463 e. The van der Waals surface area contributed by atoms with Gasteiger partial charge in [-0.15, -0.1) is 11.3 Å². The third-order valence-corrected chi connectivity index (χ3v) is 5.52. The van der Waals surface area contributed by atoms with Crippen molar-refractivity contribution in [3.8, 4) is 11.5 Å². The summed E-state index contributed by atoms with van der Waals surface area (Å²) in [6.45, 7) is 1.19. The predicted octanol–water partition coefficient (Wildman–Crippen LogP) is 4.73. The van der Waals surface area contributed by atoms with Gasteiger partial charge in [-0.3, -0.25) is 9.59 Å². The Bertz CT molecular complexity index is 1350. The lowest BCUT2D eigenvalue weighted by Gasteiger charge is -2.12. The number of aryl methyl sites for hydroxylation is 1. The highest BCUT2D eigenvalue weighted by Gasteiger charge is 2.33. The highest BCUT2D eigenvalue weighted by Crippen LogP contribution is 2.36. The van der Waals surface area contributed by atoms with Gasteiger partial charge >= 0.3 is 6.18 Å². The number of amides is 1. The zero-order chi connectivity index (χ0) is 22.3. The molecule has 12 heteroatoms. The van der Waals surface area contributed by atoms with Crippen molar-refractivity contribution in [3.05, 3.63) is 62.5 Å². The number of rotatable bonds is 4. The molecule has 1 aromatic carbocycles. The summed E-state index contributed by atoms with van der Waals surface area (Å²) in [5, 5.41) is 6.69. The van der Waals surface area contributed by atoms with E-state index in [2.05, 4.69) is 15.4 Å². The molecule has 0 aliphatic rings. The minimum absolute atomic E-state index is 0.119. The second-order valence-electron chi connectivity index (χ2n) is 6.44. The van der Waals surface area contributed by atoms with Gasteiger partial charge in [0.15, 0.2) is 11.3 Å². The van der Waals surface area contributed by atoms with Crippen molar-refractivity contribution in [1.29, 1.82) is 0 Å². The molecule has 0 saturated heterocycles. The molecule has 0 aliphatic heterocycles. The van der Waals surface area contributed by atoms with Crippen LogP contribution in [0.15, 0.2) is 45.8 Å². The van der Waals surface area contributed by atoms with E-state index in [-0.39, 0.29) is 11.2 Å². The van der Waals surface area contributed by atoms with Crippen LogP contribution in [0.3, 0.4) is 0 Å². The molecule has 0 fully saturated rings. The minimum Gasteiger partial charge on any atom is -0.463 e. The van der Waals surface area contributed by atoms with E-state index in [0.717, 1.165) is 16.8 Å². The molecule has 0 bridgehead atoms. The van der Waals surface area contributed by atoms with Crippen molar-refractivity contribution in [1.82, 2.24) is 14.8 Å². The Kier molecular flexibility index (Phi) is 5.31. The van der Waals surface area contributed by atoms with Crippen molar-refractivity contribution < 1.29 is 22.4 Å². The number of hydrogen-bond acceptors (Lipinski definition) is 6. The molecule has 0 atom stereocenters. The first-order valence-corrected chi connectivity index (χ1v) is 9.91. The van der Waals surface area contributed by atoms with Gasteiger partial charge in [-0.1, -0.05) is 11.6 Å². The Hall–Kier alpha value is -3.18. The van der Waals surface area contributed by atoms with E-state index in [4.69, 9.17) is 16.0 Å². The third kappa shape index (κ3) is 4.19. The first-order valence-electron chi connectivity index (χ1n) is 8.72. The number of nitrogens with zero attached hydrogens (tertiary/aromatic N) is 3. The number of hydrogen-bond donors (Lipinski definition) is 1. The van der Waals surface area contributed by atoms with E-state index in [9.17, 15) is 22.8 Å². The maximum Gasteiger partial charge on any atom is 0.417 e. The second kappa shape index (κ2) is 7.82. The monoisotopic (exact) mass is 468 g/mol. The summed E-state index contributed by atoms with van der Waals surface area (Å²) in [6.07, 6.45) is -3.24. The lowest BCUT2D eigenvalue weighted by Crippen LogP contribution is -2.30. The minimum atomic E-state index is -4.68. The molecule has 3 aromatic heterocycles. The Balaban J connectivity index is 1.67. The van der Waals surface area contributed by atoms with Gasteiger partial charge in [0.05, 0.1) is 26.6 Å². The van der Waals surface area contributed by atoms with E-state index < -0.39 is 34.8 Å². The fraction of sp³-hybridized carbons (Fsp3) is 0.158. The van der Waals surface area contributed by atoms with Gasteiger partial charge in [-0.25, -0.2) is 9.67 Å². The van der Waals surface area contributed by atoms with Crippen LogP contribution < -0.4 is 10.9 Å². The standard InChI is InChI=1S/C19H12ClF3N4O3S/c1-9-24-16-17(31-9)15(13-3-2-6-30-13)26-27(18(16)29)8-14(28)25-10-4-5-12(20)11(7-10)19(21,22)23/h2-7H,8H2,1H3,(H,25,28). The summed E-state index contributed by atoms with van der Waals surface area (Å²) in [5.41, 5.74) is -1.34. The number of halogens is 4. The fourth-order valence-corrected chi connectivity index (χ4v) is 4.03. The number of alkyl halides is 3. The number of nitrogens with one attached hydrogen (secondary N) is 1. The molecule has 1 amide bonds. The normalized spacial score (nSPS) is 11.8. The predicted molar refractivity (Wildman–Crippen MR) is 109 cm³/mol. The summed E-state index contributed by atoms with van der Waals surface area (Å²) >= 11 is 6.85. The van der Waals surface area contributed by atoms with Crippen LogP contribution in [-0.4, -0.2) is 20.7 Å². The Morgan fingerprint density at radius 2 is 2.10 bits per heavy atom. The van der Waals surface area contributed by atoms with Crippen LogP contribution in [0.1, 0.15) is 10.6 Å². The number of furan rings is 1. The molecule has 1 N–H and O–H groups in total. The fourth-order valence-electron chi connectivity index (χ4n) is 2.90. The number of aromatic nitrogens is 3. The van der Waals surface area contributed by atoms with Gasteiger partial charge in [-0.2, -0.15) is 18.3 Å². The molecule has 0 aliphatic carbocycles. The van der Waals surface area contributed by atoms with Gasteiger partial charge in [0.1, 0.15) is 12.2 Å². The summed E-state index contributed by atoms with van der Waals surface area (Å²) in [6, 6.07) is 6.28. The molecule has 7 nitrogen and oxygen atoms in total. The molecule has 0 saturated carbocycles. The summed E-state index contributed by atoms with van der Waals surface area (Å²) in [4.78, 5) is 29.4. The number of benzene rings is 1. The number of thiazole rings is 1. The topological polar surface area (TPSA) is 90.0 Å². The van der Waals surface area contributed by atoms with E-state index >= 15 is 0 Å². The lowest BCUT2D eigenvalue weighted by molar-refractivity contribution is -0.137. The summed E-state index contributed by atoms with van der Waals surface area (Å²) < 4.78 is 45.9. The van der Waals surface area contributed by atoms with Crippen LogP contribution >= 0.6 is 22.9 Å². The van der Waals surface area contributed by atoms with E-state index in [0.29, 0.717) is 21.2 Å². The van der Waals surface area contributed by atoms with E-state index in [1.807, 2.05) is 0 Å². The Morgan fingerprint density at radius 1 is 1.32 bits per heavy atom. The van der Waals surface area contributed by atoms with Crippen LogP contribution in [0, 0.1) is 6.92 Å². The number of carbonyl (C=O) groups is 1. The highest BCUT2D eigenvalue weighted by atomic mass is 35.5. The molecule has 160 valence electrons. The first-order chi connectivity index (χ1) is 14.6. The zero-order valence-electron chi connectivity index (χ0n) is 15.7. The molecule has 0 unspecified atom stereocenters. The van der Waals surface area contributed by atoms with Gasteiger partial charge in [0.25, 0.3) is 5.56 Å². The number of carbonyl (C=O) groups excluding carboxylic acids is 1. The van der Waals surface area contributed by atoms with Crippen molar-refractivity contribution in [2.75, 3.05) is 5.32 Å². The zero-order valence-corrected chi connectivity index (χ0v) is 17.2. The smallest absolute Gasteiger partial charge is 0.417 e. The van der Waals surface area contributed by atoms with E-state index in [1.54, 1.807) is 19.1 Å². The van der Waals surface area contributed by atoms with Crippen molar-refractivity contribution >= 4 is 44.7 Å².